The Morgan fingerprint density at radius 3 is 1.96 bits per heavy atom. The van der Waals surface area contributed by atoms with E-state index in [4.69, 9.17) is 17.0 Å². The molecular formula is C42H50Cl2SiZr. The zero-order chi connectivity index (χ0) is 33.4. The summed E-state index contributed by atoms with van der Waals surface area (Å²) in [7, 11) is 15.4. The maximum absolute atomic E-state index is 8.01. The first-order valence-electron chi connectivity index (χ1n) is 17.1. The van der Waals surface area contributed by atoms with Crippen LogP contribution in [0.2, 0.25) is 0 Å². The first-order valence-corrected chi connectivity index (χ1v) is 27.4. The normalized spacial score (nSPS) is 16.8. The standard InChI is InChI=1S/C30H41.C12H9Si.2ClH.Zr/c1-11-12-20-15-21-13-14-26(30(8,9)10)27(25(21)16-20)22-17-23(28(2,3)4)19-24(18-22)29(5,6)7;1-3-7-11-9(5-1)10-6-2-4-8-12(10)13-11;;;/h13-19H,11-12H2,1-10H3;1-7H,13H2;2*1H;/q;;;;+2/p-2. The van der Waals surface area contributed by atoms with Gasteiger partial charge in [-0.3, -0.25) is 0 Å². The molecule has 0 bridgehead atoms. The van der Waals surface area contributed by atoms with Crippen molar-refractivity contribution >= 4 is 46.3 Å². The van der Waals surface area contributed by atoms with Gasteiger partial charge in [0.25, 0.3) is 0 Å². The Hall–Kier alpha value is -1.70. The van der Waals surface area contributed by atoms with Crippen LogP contribution >= 0.6 is 17.0 Å². The maximum atomic E-state index is 8.01. The molecule has 0 spiro atoms. The summed E-state index contributed by atoms with van der Waals surface area (Å²) in [6, 6.07) is 27.9. The zero-order valence-electron chi connectivity index (χ0n) is 29.5. The van der Waals surface area contributed by atoms with E-state index in [1.54, 1.807) is 0 Å². The van der Waals surface area contributed by atoms with Crippen LogP contribution in [0.15, 0.2) is 78.4 Å². The number of fused-ring (bicyclic) bond motifs is 4. The fraction of sp³-hybridized carbons (Fsp3) is 0.381. The molecule has 1 unspecified atom stereocenters. The Balaban J connectivity index is 1.60. The van der Waals surface area contributed by atoms with Gasteiger partial charge in [-0.05, 0) is 0 Å². The summed E-state index contributed by atoms with van der Waals surface area (Å²) in [5.41, 5.74) is 13.8. The SMILES string of the molecule is CCCC1=Cc2c(ccc(C(C)(C)C)c2-c2cc(C(C)(C)C)cc(C(C)(C)C)c2)[CH]1[Zr]([Cl])([Cl])[c]1cccc2c1[SiH2]c1ccccc1-2. The summed E-state index contributed by atoms with van der Waals surface area (Å²) in [6.07, 6.45) is 4.61. The average molecular weight is 745 g/mol. The van der Waals surface area contributed by atoms with E-state index in [1.807, 2.05) is 0 Å². The van der Waals surface area contributed by atoms with Gasteiger partial charge < -0.3 is 0 Å². The van der Waals surface area contributed by atoms with E-state index in [0.717, 1.165) is 12.8 Å². The van der Waals surface area contributed by atoms with Gasteiger partial charge in [-0.2, -0.15) is 0 Å². The van der Waals surface area contributed by atoms with E-state index >= 15 is 0 Å². The number of hydrogen-bond donors (Lipinski definition) is 0. The van der Waals surface area contributed by atoms with Gasteiger partial charge in [-0.25, -0.2) is 0 Å². The van der Waals surface area contributed by atoms with Crippen molar-refractivity contribution in [1.29, 1.82) is 0 Å². The number of hydrogen-bond acceptors (Lipinski definition) is 0. The number of benzene rings is 4. The molecule has 2 aliphatic rings. The van der Waals surface area contributed by atoms with Gasteiger partial charge in [-0.15, -0.1) is 0 Å². The number of allylic oxidation sites excluding steroid dienone is 1. The van der Waals surface area contributed by atoms with Gasteiger partial charge in [0.2, 0.25) is 0 Å². The Kier molecular flexibility index (Phi) is 8.93. The van der Waals surface area contributed by atoms with E-state index in [2.05, 4.69) is 148 Å². The third-order valence-electron chi connectivity index (χ3n) is 10.2. The summed E-state index contributed by atoms with van der Waals surface area (Å²) >= 11 is -4.06. The van der Waals surface area contributed by atoms with Gasteiger partial charge >= 0.3 is 295 Å². The molecule has 4 heteroatoms. The van der Waals surface area contributed by atoms with Crippen molar-refractivity contribution in [2.75, 3.05) is 0 Å². The summed E-state index contributed by atoms with van der Waals surface area (Å²) in [5.74, 6) is 0. The molecule has 0 aromatic heterocycles. The van der Waals surface area contributed by atoms with Crippen LogP contribution in [0.5, 0.6) is 0 Å². The molecule has 0 saturated carbocycles. The molecule has 1 atom stereocenters. The molecule has 1 aliphatic carbocycles. The van der Waals surface area contributed by atoms with Crippen molar-refractivity contribution < 1.29 is 17.9 Å². The topological polar surface area (TPSA) is 0 Å². The van der Waals surface area contributed by atoms with Crippen LogP contribution in [0.3, 0.4) is 0 Å². The van der Waals surface area contributed by atoms with E-state index in [-0.39, 0.29) is 19.9 Å². The van der Waals surface area contributed by atoms with Gasteiger partial charge in [0.15, 0.2) is 0 Å². The Bertz CT molecular complexity index is 1830. The molecule has 0 fully saturated rings. The molecule has 4 aromatic rings. The van der Waals surface area contributed by atoms with E-state index in [0.29, 0.717) is 0 Å². The minimum atomic E-state index is -4.06. The monoisotopic (exact) mass is 742 g/mol. The van der Waals surface area contributed by atoms with Crippen LogP contribution in [-0.4, -0.2) is 9.52 Å². The van der Waals surface area contributed by atoms with Crippen molar-refractivity contribution in [1.82, 2.24) is 0 Å². The van der Waals surface area contributed by atoms with Crippen LogP contribution < -0.4 is 13.6 Å². The van der Waals surface area contributed by atoms with Crippen LogP contribution in [0.25, 0.3) is 28.3 Å². The van der Waals surface area contributed by atoms with Crippen molar-refractivity contribution in [3.8, 4) is 22.3 Å². The molecule has 0 radical (unpaired) electrons. The minimum absolute atomic E-state index is 0.0270. The summed E-state index contributed by atoms with van der Waals surface area (Å²) < 4.78 is 1.40. The molecule has 1 heterocycles. The molecule has 240 valence electrons. The molecule has 46 heavy (non-hydrogen) atoms. The van der Waals surface area contributed by atoms with Crippen molar-refractivity contribution in [3.63, 3.8) is 0 Å². The molecule has 0 N–H and O–H groups in total. The first-order chi connectivity index (χ1) is 21.4. The average Bonchev–Trinajstić information content (AvgIpc) is 3.53. The molecule has 6 rings (SSSR count). The number of rotatable bonds is 5. The second-order valence-corrected chi connectivity index (χ2v) is 32.6. The molecule has 0 saturated heterocycles. The molecule has 0 nitrogen and oxygen atoms in total. The van der Waals surface area contributed by atoms with E-state index in [1.165, 1.54) is 69.3 Å². The Labute approximate surface area is 292 Å². The Morgan fingerprint density at radius 2 is 1.35 bits per heavy atom. The molecular weight excluding hydrogens is 695 g/mol. The third-order valence-corrected chi connectivity index (χ3v) is 24.5. The van der Waals surface area contributed by atoms with Gasteiger partial charge in [0.05, 0.1) is 0 Å². The summed E-state index contributed by atoms with van der Waals surface area (Å²) in [6.45, 7) is 23.3. The molecule has 4 aromatic carbocycles. The molecule has 1 aliphatic heterocycles. The van der Waals surface area contributed by atoms with Crippen LogP contribution in [0, 0.1) is 0 Å². The number of halogens is 2. The van der Waals surface area contributed by atoms with Crippen LogP contribution in [0.1, 0.15) is 114 Å². The van der Waals surface area contributed by atoms with Crippen molar-refractivity contribution in [2.24, 2.45) is 0 Å². The van der Waals surface area contributed by atoms with Crippen molar-refractivity contribution in [3.05, 3.63) is 106 Å². The van der Waals surface area contributed by atoms with E-state index in [9.17, 15) is 0 Å². The van der Waals surface area contributed by atoms with Gasteiger partial charge in [0.1, 0.15) is 0 Å². The zero-order valence-corrected chi connectivity index (χ0v) is 34.8. The second-order valence-electron chi connectivity index (χ2n) is 16.7. The fourth-order valence-electron chi connectivity index (χ4n) is 7.64. The predicted octanol–water partition coefficient (Wildman–Crippen LogP) is 10.4. The first kappa shape index (κ1) is 34.2. The van der Waals surface area contributed by atoms with Gasteiger partial charge in [0, 0.05) is 0 Å². The fourth-order valence-corrected chi connectivity index (χ4v) is 24.5. The summed E-state index contributed by atoms with van der Waals surface area (Å²) in [4.78, 5) is 0. The third kappa shape index (κ3) is 6.04. The Morgan fingerprint density at radius 1 is 0.717 bits per heavy atom. The quantitative estimate of drug-likeness (QED) is 0.157. The summed E-state index contributed by atoms with van der Waals surface area (Å²) in [5, 5.41) is 3.01. The second kappa shape index (κ2) is 12.0. The van der Waals surface area contributed by atoms with E-state index < -0.39 is 27.4 Å². The van der Waals surface area contributed by atoms with Crippen molar-refractivity contribution in [2.45, 2.75) is 102 Å². The van der Waals surface area contributed by atoms with Gasteiger partial charge in [-0.1, -0.05) is 0 Å². The molecule has 0 amide bonds. The predicted molar refractivity (Wildman–Crippen MR) is 205 cm³/mol. The van der Waals surface area contributed by atoms with Crippen LogP contribution in [0.4, 0.5) is 0 Å². The van der Waals surface area contributed by atoms with Crippen LogP contribution in [-0.2, 0) is 34.1 Å².